The van der Waals surface area contributed by atoms with Crippen molar-refractivity contribution in [2.45, 2.75) is 43.4 Å². The number of anilines is 1. The van der Waals surface area contributed by atoms with Gasteiger partial charge >= 0.3 is 0 Å². The third-order valence-corrected chi connectivity index (χ3v) is 6.65. The number of carbonyl (C=O) groups is 1. The van der Waals surface area contributed by atoms with E-state index in [0.717, 1.165) is 41.3 Å². The maximum atomic E-state index is 12.3. The van der Waals surface area contributed by atoms with Crippen LogP contribution in [0, 0.1) is 0 Å². The molecular weight excluding hydrogens is 350 g/mol. The third-order valence-electron chi connectivity index (χ3n) is 5.37. The molecule has 1 amide bonds. The quantitative estimate of drug-likeness (QED) is 0.867. The number of aromatic nitrogens is 2. The summed E-state index contributed by atoms with van der Waals surface area (Å²) >= 11 is 1.63. The Hall–Kier alpha value is -2.15. The van der Waals surface area contributed by atoms with E-state index in [-0.39, 0.29) is 18.0 Å². The second-order valence-corrected chi connectivity index (χ2v) is 8.13. The SMILES string of the molecule is O=C1CS[C@@H](c2ccc3c(c2)OCO3)c2cnn(C3CCCCC3)c2N1. The van der Waals surface area contributed by atoms with Gasteiger partial charge in [-0.25, -0.2) is 4.68 Å². The van der Waals surface area contributed by atoms with Gasteiger partial charge in [0.15, 0.2) is 11.5 Å². The van der Waals surface area contributed by atoms with Crippen LogP contribution in [-0.4, -0.2) is 28.2 Å². The Morgan fingerprint density at radius 1 is 1.15 bits per heavy atom. The molecule has 1 aliphatic carbocycles. The highest BCUT2D eigenvalue weighted by Gasteiger charge is 2.31. The first-order valence-corrected chi connectivity index (χ1v) is 10.2. The molecule has 1 aromatic heterocycles. The normalized spacial score (nSPS) is 22.6. The van der Waals surface area contributed by atoms with Crippen LogP contribution < -0.4 is 14.8 Å². The molecule has 1 N–H and O–H groups in total. The molecule has 0 bridgehead atoms. The number of carbonyl (C=O) groups excluding carboxylic acids is 1. The fraction of sp³-hybridized carbons (Fsp3) is 0.474. The highest BCUT2D eigenvalue weighted by atomic mass is 32.2. The highest BCUT2D eigenvalue weighted by molar-refractivity contribution is 8.00. The lowest BCUT2D eigenvalue weighted by atomic mass is 9.95. The summed E-state index contributed by atoms with van der Waals surface area (Å²) in [5, 5.41) is 7.84. The standard InChI is InChI=1S/C19H21N3O3S/c23-17-10-26-18(12-6-7-15-16(8-12)25-11-24-15)14-9-20-22(19(14)21-17)13-4-2-1-3-5-13/h6-9,13,18H,1-5,10-11H2,(H,21,23)/t18-/m0/s1. The molecule has 0 unspecified atom stereocenters. The Kier molecular flexibility index (Phi) is 4.04. The minimum absolute atomic E-state index is 0.0389. The smallest absolute Gasteiger partial charge is 0.235 e. The average Bonchev–Trinajstić information content (AvgIpc) is 3.26. The first-order chi connectivity index (χ1) is 12.8. The van der Waals surface area contributed by atoms with Crippen molar-refractivity contribution in [3.8, 4) is 11.5 Å². The van der Waals surface area contributed by atoms with Crippen LogP contribution in [0.5, 0.6) is 11.5 Å². The van der Waals surface area contributed by atoms with E-state index < -0.39 is 0 Å². The molecule has 26 heavy (non-hydrogen) atoms. The average molecular weight is 371 g/mol. The van der Waals surface area contributed by atoms with Gasteiger partial charge in [-0.2, -0.15) is 5.10 Å². The minimum Gasteiger partial charge on any atom is -0.454 e. The Labute approximate surface area is 156 Å². The molecule has 0 spiro atoms. The fourth-order valence-corrected chi connectivity index (χ4v) is 5.15. The minimum atomic E-state index is 0.0389. The Balaban J connectivity index is 1.54. The molecule has 0 saturated heterocycles. The number of amides is 1. The number of nitrogens with one attached hydrogen (secondary N) is 1. The van der Waals surface area contributed by atoms with Crippen molar-refractivity contribution in [3.05, 3.63) is 35.5 Å². The van der Waals surface area contributed by atoms with Crippen molar-refractivity contribution < 1.29 is 14.3 Å². The van der Waals surface area contributed by atoms with E-state index in [2.05, 4.69) is 21.2 Å². The van der Waals surface area contributed by atoms with Crippen molar-refractivity contribution in [1.29, 1.82) is 0 Å². The Morgan fingerprint density at radius 3 is 2.88 bits per heavy atom. The summed E-state index contributed by atoms with van der Waals surface area (Å²) in [6, 6.07) is 6.41. The summed E-state index contributed by atoms with van der Waals surface area (Å²) < 4.78 is 13.0. The van der Waals surface area contributed by atoms with Crippen molar-refractivity contribution in [2.75, 3.05) is 17.9 Å². The van der Waals surface area contributed by atoms with Gasteiger partial charge in [0.25, 0.3) is 0 Å². The predicted molar refractivity (Wildman–Crippen MR) is 99.8 cm³/mol. The molecule has 2 aromatic rings. The number of benzene rings is 1. The third kappa shape index (κ3) is 2.74. The molecule has 3 heterocycles. The van der Waals surface area contributed by atoms with E-state index >= 15 is 0 Å². The monoisotopic (exact) mass is 371 g/mol. The lowest BCUT2D eigenvalue weighted by molar-refractivity contribution is -0.113. The first kappa shape index (κ1) is 16.1. The number of hydrogen-bond donors (Lipinski definition) is 1. The van der Waals surface area contributed by atoms with Crippen molar-refractivity contribution >= 4 is 23.5 Å². The maximum Gasteiger partial charge on any atom is 0.235 e. The largest absolute Gasteiger partial charge is 0.454 e. The number of ether oxygens (including phenoxy) is 2. The van der Waals surface area contributed by atoms with Gasteiger partial charge < -0.3 is 14.8 Å². The molecule has 5 rings (SSSR count). The van der Waals surface area contributed by atoms with Crippen LogP contribution in [0.4, 0.5) is 5.82 Å². The molecule has 1 atom stereocenters. The van der Waals surface area contributed by atoms with Crippen molar-refractivity contribution in [2.24, 2.45) is 0 Å². The van der Waals surface area contributed by atoms with E-state index in [1.807, 2.05) is 18.3 Å². The molecule has 1 fully saturated rings. The zero-order valence-electron chi connectivity index (χ0n) is 14.4. The Morgan fingerprint density at radius 2 is 2.00 bits per heavy atom. The van der Waals surface area contributed by atoms with Gasteiger partial charge in [-0.05, 0) is 30.5 Å². The summed E-state index contributed by atoms with van der Waals surface area (Å²) in [5.41, 5.74) is 2.19. The van der Waals surface area contributed by atoms with Crippen LogP contribution in [0.2, 0.25) is 0 Å². The number of hydrogen-bond acceptors (Lipinski definition) is 5. The summed E-state index contributed by atoms with van der Waals surface area (Å²) in [6.07, 6.45) is 7.94. The van der Waals surface area contributed by atoms with Gasteiger partial charge in [-0.3, -0.25) is 4.79 Å². The Bertz CT molecular complexity index is 845. The van der Waals surface area contributed by atoms with Gasteiger partial charge in [-0.15, -0.1) is 11.8 Å². The second kappa shape index (κ2) is 6.54. The zero-order chi connectivity index (χ0) is 17.5. The lowest BCUT2D eigenvalue weighted by Crippen LogP contribution is -2.20. The number of fused-ring (bicyclic) bond motifs is 2. The molecule has 1 aromatic carbocycles. The molecule has 1 saturated carbocycles. The van der Waals surface area contributed by atoms with E-state index in [0.29, 0.717) is 11.8 Å². The topological polar surface area (TPSA) is 65.4 Å². The van der Waals surface area contributed by atoms with Crippen LogP contribution in [0.3, 0.4) is 0 Å². The van der Waals surface area contributed by atoms with E-state index in [4.69, 9.17) is 9.47 Å². The molecule has 136 valence electrons. The predicted octanol–water partition coefficient (Wildman–Crippen LogP) is 3.89. The summed E-state index contributed by atoms with van der Waals surface area (Å²) in [4.78, 5) is 12.3. The van der Waals surface area contributed by atoms with Crippen LogP contribution >= 0.6 is 11.8 Å². The maximum absolute atomic E-state index is 12.3. The van der Waals surface area contributed by atoms with Gasteiger partial charge in [0.2, 0.25) is 12.7 Å². The van der Waals surface area contributed by atoms with Crippen LogP contribution in [0.15, 0.2) is 24.4 Å². The van der Waals surface area contributed by atoms with Gasteiger partial charge in [0, 0.05) is 5.56 Å². The number of nitrogens with zero attached hydrogens (tertiary/aromatic N) is 2. The highest BCUT2D eigenvalue weighted by Crippen LogP contribution is 2.45. The summed E-state index contributed by atoms with van der Waals surface area (Å²) in [7, 11) is 0. The van der Waals surface area contributed by atoms with E-state index in [9.17, 15) is 4.79 Å². The summed E-state index contributed by atoms with van der Waals surface area (Å²) in [5.74, 6) is 2.89. The van der Waals surface area contributed by atoms with Crippen LogP contribution in [0.25, 0.3) is 0 Å². The number of rotatable bonds is 2. The number of thioether (sulfide) groups is 1. The molecule has 6 nitrogen and oxygen atoms in total. The first-order valence-electron chi connectivity index (χ1n) is 9.18. The zero-order valence-corrected chi connectivity index (χ0v) is 15.3. The fourth-order valence-electron chi connectivity index (χ4n) is 4.07. The molecule has 0 radical (unpaired) electrons. The molecular formula is C19H21N3O3S. The lowest BCUT2D eigenvalue weighted by Gasteiger charge is -2.24. The van der Waals surface area contributed by atoms with Crippen molar-refractivity contribution in [3.63, 3.8) is 0 Å². The van der Waals surface area contributed by atoms with Crippen LogP contribution in [-0.2, 0) is 4.79 Å². The van der Waals surface area contributed by atoms with Crippen molar-refractivity contribution in [1.82, 2.24) is 9.78 Å². The van der Waals surface area contributed by atoms with E-state index in [1.165, 1.54) is 19.3 Å². The van der Waals surface area contributed by atoms with Gasteiger partial charge in [0.1, 0.15) is 5.82 Å². The van der Waals surface area contributed by atoms with Gasteiger partial charge in [0.05, 0.1) is 23.2 Å². The second-order valence-electron chi connectivity index (χ2n) is 7.04. The molecule has 7 heteroatoms. The van der Waals surface area contributed by atoms with E-state index in [1.54, 1.807) is 11.8 Å². The molecule has 2 aliphatic heterocycles. The summed E-state index contributed by atoms with van der Waals surface area (Å²) in [6.45, 7) is 0.265. The molecule has 3 aliphatic rings. The van der Waals surface area contributed by atoms with Crippen LogP contribution in [0.1, 0.15) is 54.5 Å². The van der Waals surface area contributed by atoms with Gasteiger partial charge in [-0.1, -0.05) is 25.3 Å².